The third kappa shape index (κ3) is 5.52. The van der Waals surface area contributed by atoms with Crippen LogP contribution in [0.25, 0.3) is 11.1 Å². The van der Waals surface area contributed by atoms with Gasteiger partial charge in [-0.2, -0.15) is 0 Å². The molecule has 0 saturated heterocycles. The second-order valence-electron chi connectivity index (χ2n) is 3.22. The Bertz CT molecular complexity index is 429. The van der Waals surface area contributed by atoms with Gasteiger partial charge < -0.3 is 15.1 Å². The molecule has 3 N–H and O–H groups in total. The number of hydrogen-bond donors (Lipinski definition) is 3. The van der Waals surface area contributed by atoms with Crippen LogP contribution in [0.3, 0.4) is 0 Å². The molecule has 0 radical (unpaired) electrons. The van der Waals surface area contributed by atoms with E-state index in [0.717, 1.165) is 5.02 Å². The van der Waals surface area contributed by atoms with Gasteiger partial charge in [-0.15, -0.1) is 0 Å². The van der Waals surface area contributed by atoms with Crippen LogP contribution in [0.2, 0.25) is 5.02 Å². The average molecular weight is 250 g/mol. The molecule has 2 aromatic rings. The first-order chi connectivity index (χ1) is 8.09. The molecule has 2 aromatic carbocycles. The fraction of sp³-hybridized carbons (Fsp3) is 0. The highest BCUT2D eigenvalue weighted by molar-refractivity contribution is 6.30. The van der Waals surface area contributed by atoms with Crippen LogP contribution in [0.15, 0.2) is 54.6 Å². The Morgan fingerprint density at radius 2 is 1.12 bits per heavy atom. The monoisotopic (exact) mass is 250 g/mol. The van der Waals surface area contributed by atoms with Gasteiger partial charge in [-0.25, -0.2) is 0 Å². The summed E-state index contributed by atoms with van der Waals surface area (Å²) in [5.41, 5.74) is 2.42. The minimum absolute atomic E-state index is 0.777. The lowest BCUT2D eigenvalue weighted by molar-refractivity contribution is 0.278. The summed E-state index contributed by atoms with van der Waals surface area (Å²) in [4.78, 5) is 0. The minimum atomic E-state index is -2.17. The van der Waals surface area contributed by atoms with Crippen molar-refractivity contribution in [1.29, 1.82) is 0 Å². The molecule has 3 nitrogen and oxygen atoms in total. The highest BCUT2D eigenvalue weighted by Crippen LogP contribution is 2.20. The van der Waals surface area contributed by atoms with Crippen molar-refractivity contribution in [1.82, 2.24) is 0 Å². The maximum absolute atomic E-state index is 7.17. The van der Waals surface area contributed by atoms with Crippen molar-refractivity contribution in [3.8, 4) is 11.1 Å². The van der Waals surface area contributed by atoms with Crippen LogP contribution >= 0.6 is 11.6 Å². The summed E-state index contributed by atoms with van der Waals surface area (Å²) in [5.74, 6) is 0. The minimum Gasteiger partial charge on any atom is -0.402 e. The van der Waals surface area contributed by atoms with Gasteiger partial charge in [0.1, 0.15) is 0 Å². The van der Waals surface area contributed by atoms with Crippen LogP contribution in [-0.4, -0.2) is 22.4 Å². The maximum atomic E-state index is 7.17. The summed E-state index contributed by atoms with van der Waals surface area (Å²) in [6.45, 7) is 0. The largest absolute Gasteiger partial charge is 0.631 e. The topological polar surface area (TPSA) is 60.7 Å². The van der Waals surface area contributed by atoms with Crippen LogP contribution < -0.4 is 0 Å². The Morgan fingerprint density at radius 1 is 0.706 bits per heavy atom. The first-order valence-electron chi connectivity index (χ1n) is 4.95. The highest BCUT2D eigenvalue weighted by atomic mass is 35.5. The predicted octanol–water partition coefficient (Wildman–Crippen LogP) is 1.96. The van der Waals surface area contributed by atoms with E-state index in [2.05, 4.69) is 12.1 Å². The number of halogens is 1. The molecule has 0 aliphatic carbocycles. The fourth-order valence-corrected chi connectivity index (χ4v) is 1.40. The predicted molar refractivity (Wildman–Crippen MR) is 69.3 cm³/mol. The van der Waals surface area contributed by atoms with E-state index in [1.165, 1.54) is 11.1 Å². The van der Waals surface area contributed by atoms with E-state index >= 15 is 0 Å². The molecule has 0 amide bonds. The molecular formula is C12H12BClO3. The van der Waals surface area contributed by atoms with Crippen LogP contribution in [0.4, 0.5) is 0 Å². The molecular weight excluding hydrogens is 238 g/mol. The molecule has 2 rings (SSSR count). The van der Waals surface area contributed by atoms with Crippen molar-refractivity contribution < 1.29 is 15.1 Å². The number of rotatable bonds is 1. The highest BCUT2D eigenvalue weighted by Gasteiger charge is 1.94. The normalized spacial score (nSPS) is 9.18. The second kappa shape index (κ2) is 7.09. The van der Waals surface area contributed by atoms with Gasteiger partial charge in [0.2, 0.25) is 0 Å². The number of hydrogen-bond acceptors (Lipinski definition) is 3. The summed E-state index contributed by atoms with van der Waals surface area (Å²) in [6.07, 6.45) is 0. The Hall–Kier alpha value is -1.33. The first kappa shape index (κ1) is 13.7. The molecule has 0 heterocycles. The van der Waals surface area contributed by atoms with Crippen LogP contribution in [0.5, 0.6) is 0 Å². The van der Waals surface area contributed by atoms with Crippen LogP contribution in [-0.2, 0) is 0 Å². The lowest BCUT2D eigenvalue weighted by Crippen LogP contribution is -2.07. The third-order valence-electron chi connectivity index (χ3n) is 1.95. The molecule has 0 saturated carbocycles. The zero-order valence-corrected chi connectivity index (χ0v) is 9.75. The summed E-state index contributed by atoms with van der Waals surface area (Å²) in [7, 11) is -2.17. The van der Waals surface area contributed by atoms with E-state index in [4.69, 9.17) is 26.7 Å². The standard InChI is InChI=1S/C12H9Cl.BH3O3/c13-12-8-6-11(7-9-12)10-4-2-1-3-5-10;2-1(3)4/h1-9H;2-4H. The average Bonchev–Trinajstić information content (AvgIpc) is 2.30. The molecule has 0 aromatic heterocycles. The van der Waals surface area contributed by atoms with Crippen molar-refractivity contribution in [3.05, 3.63) is 59.6 Å². The van der Waals surface area contributed by atoms with E-state index < -0.39 is 7.32 Å². The Kier molecular flexibility index (Phi) is 5.73. The van der Waals surface area contributed by atoms with Gasteiger partial charge in [0.15, 0.2) is 0 Å². The molecule has 0 fully saturated rings. The van der Waals surface area contributed by atoms with Crippen molar-refractivity contribution in [2.24, 2.45) is 0 Å². The molecule has 17 heavy (non-hydrogen) atoms. The summed E-state index contributed by atoms with van der Waals surface area (Å²) < 4.78 is 0. The zero-order chi connectivity index (χ0) is 12.7. The quantitative estimate of drug-likeness (QED) is 0.678. The zero-order valence-electron chi connectivity index (χ0n) is 8.99. The van der Waals surface area contributed by atoms with Gasteiger partial charge in [-0.3, -0.25) is 0 Å². The molecule has 0 aliphatic heterocycles. The Labute approximate surface area is 105 Å². The van der Waals surface area contributed by atoms with E-state index in [-0.39, 0.29) is 0 Å². The van der Waals surface area contributed by atoms with Gasteiger partial charge in [0.25, 0.3) is 0 Å². The molecule has 0 bridgehead atoms. The van der Waals surface area contributed by atoms with E-state index in [9.17, 15) is 0 Å². The van der Waals surface area contributed by atoms with Crippen LogP contribution in [0.1, 0.15) is 0 Å². The van der Waals surface area contributed by atoms with E-state index in [0.29, 0.717) is 0 Å². The van der Waals surface area contributed by atoms with Gasteiger partial charge >= 0.3 is 7.32 Å². The molecule has 0 unspecified atom stereocenters. The Morgan fingerprint density at radius 3 is 1.59 bits per heavy atom. The van der Waals surface area contributed by atoms with Crippen molar-refractivity contribution >= 4 is 18.9 Å². The number of benzene rings is 2. The lowest BCUT2D eigenvalue weighted by Gasteiger charge is -2.00. The van der Waals surface area contributed by atoms with E-state index in [1.54, 1.807) is 0 Å². The van der Waals surface area contributed by atoms with Crippen molar-refractivity contribution in [2.75, 3.05) is 0 Å². The maximum Gasteiger partial charge on any atom is 0.631 e. The lowest BCUT2D eigenvalue weighted by atomic mass is 10.1. The first-order valence-corrected chi connectivity index (χ1v) is 5.32. The second-order valence-corrected chi connectivity index (χ2v) is 3.66. The van der Waals surface area contributed by atoms with E-state index in [1.807, 2.05) is 42.5 Å². The fourth-order valence-electron chi connectivity index (χ4n) is 1.27. The molecule has 88 valence electrons. The molecule has 5 heteroatoms. The summed E-state index contributed by atoms with van der Waals surface area (Å²) >= 11 is 5.80. The SMILES string of the molecule is Clc1ccc(-c2ccccc2)cc1.OB(O)O. The molecule has 0 spiro atoms. The van der Waals surface area contributed by atoms with Crippen LogP contribution in [0, 0.1) is 0 Å². The molecule has 0 atom stereocenters. The molecule has 0 aliphatic rings. The van der Waals surface area contributed by atoms with Gasteiger partial charge in [0.05, 0.1) is 0 Å². The van der Waals surface area contributed by atoms with Gasteiger partial charge in [0, 0.05) is 5.02 Å². The smallest absolute Gasteiger partial charge is 0.402 e. The van der Waals surface area contributed by atoms with Gasteiger partial charge in [-0.1, -0.05) is 54.1 Å². The summed E-state index contributed by atoms with van der Waals surface area (Å²) in [5, 5.41) is 22.3. The summed E-state index contributed by atoms with van der Waals surface area (Å²) in [6, 6.07) is 18.1. The van der Waals surface area contributed by atoms with Crippen molar-refractivity contribution in [3.63, 3.8) is 0 Å². The van der Waals surface area contributed by atoms with Crippen molar-refractivity contribution in [2.45, 2.75) is 0 Å². The van der Waals surface area contributed by atoms with Gasteiger partial charge in [-0.05, 0) is 23.3 Å². The Balaban J connectivity index is 0.000000317. The third-order valence-corrected chi connectivity index (χ3v) is 2.20.